The number of aryl methyl sites for hydroxylation is 2. The molecule has 0 fully saturated rings. The number of nitrogens with one attached hydrogen (secondary N) is 1. The molecule has 2 heterocycles. The van der Waals surface area contributed by atoms with Gasteiger partial charge in [-0.05, 0) is 32.8 Å². The van der Waals surface area contributed by atoms with Crippen LogP contribution in [0.25, 0.3) is 11.4 Å². The first-order valence-corrected chi connectivity index (χ1v) is 6.71. The molecule has 2 aromatic rings. The standard InChI is InChI=1S/C15H21N3O/c1-6-16-15-13(9(2)3)10(4)17-14(18-15)12-7-8-19-11(12)5/h7-9H,6H2,1-5H3,(H,16,17,18). The molecule has 0 aliphatic heterocycles. The van der Waals surface area contributed by atoms with Crippen LogP contribution in [0.15, 0.2) is 16.7 Å². The van der Waals surface area contributed by atoms with E-state index in [9.17, 15) is 0 Å². The van der Waals surface area contributed by atoms with E-state index in [-0.39, 0.29) is 0 Å². The lowest BCUT2D eigenvalue weighted by atomic mass is 10.0. The Morgan fingerprint density at radius 3 is 2.53 bits per heavy atom. The molecule has 4 nitrogen and oxygen atoms in total. The van der Waals surface area contributed by atoms with Gasteiger partial charge in [-0.15, -0.1) is 0 Å². The fraction of sp³-hybridized carbons (Fsp3) is 0.467. The Labute approximate surface area is 114 Å². The Bertz CT molecular complexity index is 573. The Balaban J connectivity index is 2.57. The Kier molecular flexibility index (Phi) is 3.88. The molecule has 0 bridgehead atoms. The third-order valence-corrected chi connectivity index (χ3v) is 3.16. The maximum absolute atomic E-state index is 5.34. The molecule has 0 unspecified atom stereocenters. The van der Waals surface area contributed by atoms with Crippen LogP contribution in [-0.4, -0.2) is 16.5 Å². The lowest BCUT2D eigenvalue weighted by Gasteiger charge is -2.16. The Morgan fingerprint density at radius 2 is 2.00 bits per heavy atom. The van der Waals surface area contributed by atoms with E-state index < -0.39 is 0 Å². The molecule has 0 aromatic carbocycles. The first kappa shape index (κ1) is 13.6. The van der Waals surface area contributed by atoms with E-state index >= 15 is 0 Å². The van der Waals surface area contributed by atoms with E-state index in [1.54, 1.807) is 6.26 Å². The summed E-state index contributed by atoms with van der Waals surface area (Å²) >= 11 is 0. The summed E-state index contributed by atoms with van der Waals surface area (Å²) in [6, 6.07) is 1.91. The summed E-state index contributed by atoms with van der Waals surface area (Å²) in [6.45, 7) is 11.2. The van der Waals surface area contributed by atoms with Crippen molar-refractivity contribution in [2.45, 2.75) is 40.5 Å². The molecular weight excluding hydrogens is 238 g/mol. The fourth-order valence-corrected chi connectivity index (χ4v) is 2.31. The van der Waals surface area contributed by atoms with Crippen molar-refractivity contribution in [3.63, 3.8) is 0 Å². The van der Waals surface area contributed by atoms with E-state index in [2.05, 4.69) is 36.1 Å². The second-order valence-electron chi connectivity index (χ2n) is 4.97. The van der Waals surface area contributed by atoms with Crippen LogP contribution in [0.4, 0.5) is 5.82 Å². The van der Waals surface area contributed by atoms with E-state index in [0.717, 1.165) is 35.2 Å². The summed E-state index contributed by atoms with van der Waals surface area (Å²) in [6.07, 6.45) is 1.67. The van der Waals surface area contributed by atoms with Crippen LogP contribution >= 0.6 is 0 Å². The Hall–Kier alpha value is -1.84. The average Bonchev–Trinajstić information content (AvgIpc) is 2.74. The normalized spacial score (nSPS) is 11.1. The first-order valence-electron chi connectivity index (χ1n) is 6.71. The Morgan fingerprint density at radius 1 is 1.26 bits per heavy atom. The molecule has 0 saturated heterocycles. The zero-order valence-electron chi connectivity index (χ0n) is 12.2. The summed E-state index contributed by atoms with van der Waals surface area (Å²) in [5, 5.41) is 3.34. The molecule has 0 aliphatic rings. The minimum Gasteiger partial charge on any atom is -0.469 e. The molecule has 102 valence electrons. The highest BCUT2D eigenvalue weighted by Crippen LogP contribution is 2.29. The van der Waals surface area contributed by atoms with Crippen molar-refractivity contribution in [3.8, 4) is 11.4 Å². The summed E-state index contributed by atoms with van der Waals surface area (Å²) < 4.78 is 5.34. The molecule has 0 spiro atoms. The maximum atomic E-state index is 5.34. The predicted molar refractivity (Wildman–Crippen MR) is 77.5 cm³/mol. The molecule has 0 atom stereocenters. The van der Waals surface area contributed by atoms with Crippen LogP contribution in [0.5, 0.6) is 0 Å². The third kappa shape index (κ3) is 2.62. The smallest absolute Gasteiger partial charge is 0.165 e. The van der Waals surface area contributed by atoms with Crippen LogP contribution in [0.2, 0.25) is 0 Å². The number of aromatic nitrogens is 2. The topological polar surface area (TPSA) is 51.0 Å². The van der Waals surface area contributed by atoms with Gasteiger partial charge in [-0.3, -0.25) is 0 Å². The summed E-state index contributed by atoms with van der Waals surface area (Å²) in [5.41, 5.74) is 3.17. The summed E-state index contributed by atoms with van der Waals surface area (Å²) in [7, 11) is 0. The zero-order valence-corrected chi connectivity index (χ0v) is 12.2. The molecule has 4 heteroatoms. The van der Waals surface area contributed by atoms with Gasteiger partial charge in [0, 0.05) is 17.8 Å². The van der Waals surface area contributed by atoms with Crippen molar-refractivity contribution in [2.75, 3.05) is 11.9 Å². The largest absolute Gasteiger partial charge is 0.469 e. The number of nitrogens with zero attached hydrogens (tertiary/aromatic N) is 2. The molecule has 0 radical (unpaired) electrons. The van der Waals surface area contributed by atoms with Crippen molar-refractivity contribution in [3.05, 3.63) is 29.3 Å². The highest BCUT2D eigenvalue weighted by molar-refractivity contribution is 5.61. The van der Waals surface area contributed by atoms with Crippen molar-refractivity contribution in [2.24, 2.45) is 0 Å². The minimum absolute atomic E-state index is 0.397. The van der Waals surface area contributed by atoms with E-state index in [0.29, 0.717) is 5.92 Å². The van der Waals surface area contributed by atoms with Crippen molar-refractivity contribution >= 4 is 5.82 Å². The first-order chi connectivity index (χ1) is 9.04. The van der Waals surface area contributed by atoms with Gasteiger partial charge >= 0.3 is 0 Å². The molecule has 0 amide bonds. The molecule has 1 N–H and O–H groups in total. The number of hydrogen-bond acceptors (Lipinski definition) is 4. The number of anilines is 1. The van der Waals surface area contributed by atoms with E-state index in [1.165, 1.54) is 5.56 Å². The van der Waals surface area contributed by atoms with Crippen molar-refractivity contribution in [1.82, 2.24) is 9.97 Å². The quantitative estimate of drug-likeness (QED) is 0.904. The molecule has 0 saturated carbocycles. The van der Waals surface area contributed by atoms with Gasteiger partial charge in [-0.2, -0.15) is 0 Å². The third-order valence-electron chi connectivity index (χ3n) is 3.16. The van der Waals surface area contributed by atoms with Gasteiger partial charge in [-0.25, -0.2) is 9.97 Å². The fourth-order valence-electron chi connectivity index (χ4n) is 2.31. The molecule has 19 heavy (non-hydrogen) atoms. The van der Waals surface area contributed by atoms with E-state index in [1.807, 2.05) is 19.9 Å². The second kappa shape index (κ2) is 5.43. The van der Waals surface area contributed by atoms with Gasteiger partial charge in [0.05, 0.1) is 11.8 Å². The van der Waals surface area contributed by atoms with Crippen LogP contribution < -0.4 is 5.32 Å². The van der Waals surface area contributed by atoms with Gasteiger partial charge in [0.25, 0.3) is 0 Å². The van der Waals surface area contributed by atoms with Gasteiger partial charge in [0.15, 0.2) is 5.82 Å². The van der Waals surface area contributed by atoms with Crippen LogP contribution in [0.3, 0.4) is 0 Å². The molecular formula is C15H21N3O. The number of furan rings is 1. The highest BCUT2D eigenvalue weighted by atomic mass is 16.3. The zero-order chi connectivity index (χ0) is 14.0. The minimum atomic E-state index is 0.397. The second-order valence-corrected chi connectivity index (χ2v) is 4.97. The monoisotopic (exact) mass is 259 g/mol. The van der Waals surface area contributed by atoms with Gasteiger partial charge < -0.3 is 9.73 Å². The maximum Gasteiger partial charge on any atom is 0.165 e. The summed E-state index contributed by atoms with van der Waals surface area (Å²) in [5.74, 6) is 2.90. The van der Waals surface area contributed by atoms with Gasteiger partial charge in [0.1, 0.15) is 11.6 Å². The molecule has 2 aromatic heterocycles. The SMILES string of the molecule is CCNc1nc(-c2ccoc2C)nc(C)c1C(C)C. The van der Waals surface area contributed by atoms with Gasteiger partial charge in [0.2, 0.25) is 0 Å². The summed E-state index contributed by atoms with van der Waals surface area (Å²) in [4.78, 5) is 9.30. The van der Waals surface area contributed by atoms with Crippen LogP contribution in [-0.2, 0) is 0 Å². The average molecular weight is 259 g/mol. The molecule has 2 rings (SSSR count). The van der Waals surface area contributed by atoms with Crippen LogP contribution in [0, 0.1) is 13.8 Å². The number of rotatable bonds is 4. The van der Waals surface area contributed by atoms with E-state index in [4.69, 9.17) is 4.42 Å². The van der Waals surface area contributed by atoms with Gasteiger partial charge in [-0.1, -0.05) is 13.8 Å². The van der Waals surface area contributed by atoms with Crippen molar-refractivity contribution in [1.29, 1.82) is 0 Å². The molecule has 0 aliphatic carbocycles. The lowest BCUT2D eigenvalue weighted by Crippen LogP contribution is -2.09. The highest BCUT2D eigenvalue weighted by Gasteiger charge is 2.16. The lowest BCUT2D eigenvalue weighted by molar-refractivity contribution is 0.535. The van der Waals surface area contributed by atoms with Crippen LogP contribution in [0.1, 0.15) is 43.7 Å². The predicted octanol–water partition coefficient (Wildman–Crippen LogP) is 3.91. The number of hydrogen-bond donors (Lipinski definition) is 1. The van der Waals surface area contributed by atoms with Crippen molar-refractivity contribution < 1.29 is 4.42 Å².